The van der Waals surface area contributed by atoms with E-state index in [1.54, 1.807) is 0 Å². The van der Waals surface area contributed by atoms with Gasteiger partial charge in [0.05, 0.1) is 6.10 Å². The molecule has 0 aromatic heterocycles. The Labute approximate surface area is 119 Å². The van der Waals surface area contributed by atoms with Gasteiger partial charge in [0, 0.05) is 25.7 Å². The van der Waals surface area contributed by atoms with Gasteiger partial charge < -0.3 is 14.9 Å². The number of rotatable bonds is 4. The van der Waals surface area contributed by atoms with Gasteiger partial charge in [0.1, 0.15) is 0 Å². The molecular weight excluding hydrogens is 236 g/mol. The second kappa shape index (κ2) is 7.05. The third kappa shape index (κ3) is 4.17. The van der Waals surface area contributed by atoms with Gasteiger partial charge in [-0.1, -0.05) is 26.2 Å². The summed E-state index contributed by atoms with van der Waals surface area (Å²) in [6.07, 6.45) is 7.34. The van der Waals surface area contributed by atoms with Crippen molar-refractivity contribution in [3.05, 3.63) is 0 Å². The molecular formula is C16H32N2O. The van der Waals surface area contributed by atoms with E-state index >= 15 is 0 Å². The summed E-state index contributed by atoms with van der Waals surface area (Å²) in [4.78, 5) is 4.83. The molecule has 0 bridgehead atoms. The molecule has 1 aliphatic heterocycles. The Balaban J connectivity index is 1.78. The topological polar surface area (TPSA) is 26.7 Å². The van der Waals surface area contributed by atoms with Crippen molar-refractivity contribution in [2.75, 3.05) is 33.7 Å². The highest BCUT2D eigenvalue weighted by Gasteiger charge is 2.30. The molecule has 112 valence electrons. The Morgan fingerprint density at radius 3 is 2.42 bits per heavy atom. The van der Waals surface area contributed by atoms with E-state index in [1.165, 1.54) is 32.1 Å². The van der Waals surface area contributed by atoms with Gasteiger partial charge in [0.2, 0.25) is 0 Å². The molecule has 3 heteroatoms. The van der Waals surface area contributed by atoms with Gasteiger partial charge >= 0.3 is 0 Å². The fourth-order valence-corrected chi connectivity index (χ4v) is 3.81. The van der Waals surface area contributed by atoms with Crippen LogP contribution in [-0.2, 0) is 0 Å². The third-order valence-electron chi connectivity index (χ3n) is 5.51. The maximum Gasteiger partial charge on any atom is 0.0583 e. The molecule has 2 aliphatic rings. The molecule has 2 rings (SSSR count). The van der Waals surface area contributed by atoms with Gasteiger partial charge in [-0.2, -0.15) is 0 Å². The molecule has 0 aromatic rings. The number of nitrogens with zero attached hydrogens (tertiary/aromatic N) is 2. The van der Waals surface area contributed by atoms with Crippen LogP contribution in [0, 0.1) is 11.8 Å². The van der Waals surface area contributed by atoms with E-state index in [0.717, 1.165) is 32.0 Å². The molecule has 1 saturated carbocycles. The quantitative estimate of drug-likeness (QED) is 0.847. The zero-order valence-electron chi connectivity index (χ0n) is 13.0. The number of aliphatic hydroxyl groups excluding tert-OH is 1. The minimum absolute atomic E-state index is 0.0863. The maximum atomic E-state index is 10.5. The van der Waals surface area contributed by atoms with E-state index in [9.17, 15) is 5.11 Å². The Morgan fingerprint density at radius 1 is 1.11 bits per heavy atom. The number of piperazine rings is 1. The number of hydrogen-bond acceptors (Lipinski definition) is 3. The predicted octanol–water partition coefficient (Wildman–Crippen LogP) is 2.20. The molecule has 1 heterocycles. The van der Waals surface area contributed by atoms with Crippen LogP contribution in [0.3, 0.4) is 0 Å². The first-order valence-corrected chi connectivity index (χ1v) is 8.17. The van der Waals surface area contributed by atoms with Crippen molar-refractivity contribution in [2.24, 2.45) is 11.8 Å². The summed E-state index contributed by atoms with van der Waals surface area (Å²) in [6.45, 7) is 5.70. The average molecular weight is 268 g/mol. The van der Waals surface area contributed by atoms with Gasteiger partial charge in [-0.3, -0.25) is 0 Å². The van der Waals surface area contributed by atoms with Gasteiger partial charge in [0.25, 0.3) is 0 Å². The van der Waals surface area contributed by atoms with Crippen molar-refractivity contribution in [2.45, 2.75) is 57.6 Å². The molecule has 0 amide bonds. The van der Waals surface area contributed by atoms with Crippen LogP contribution in [0.1, 0.15) is 45.4 Å². The first-order valence-electron chi connectivity index (χ1n) is 8.17. The molecule has 0 aromatic carbocycles. The second-order valence-corrected chi connectivity index (χ2v) is 6.89. The van der Waals surface area contributed by atoms with Crippen LogP contribution in [0.4, 0.5) is 0 Å². The summed E-state index contributed by atoms with van der Waals surface area (Å²) in [5, 5.41) is 10.5. The largest absolute Gasteiger partial charge is 0.393 e. The summed E-state index contributed by atoms with van der Waals surface area (Å²) < 4.78 is 0. The predicted molar refractivity (Wildman–Crippen MR) is 80.3 cm³/mol. The van der Waals surface area contributed by atoms with E-state index in [-0.39, 0.29) is 6.10 Å². The lowest BCUT2D eigenvalue weighted by molar-refractivity contribution is 0.0216. The molecule has 19 heavy (non-hydrogen) atoms. The molecule has 1 saturated heterocycles. The van der Waals surface area contributed by atoms with E-state index in [1.807, 2.05) is 0 Å². The van der Waals surface area contributed by atoms with E-state index in [2.05, 4.69) is 30.8 Å². The fraction of sp³-hybridized carbons (Fsp3) is 1.00. The molecule has 0 radical (unpaired) electrons. The fourth-order valence-electron chi connectivity index (χ4n) is 3.81. The van der Waals surface area contributed by atoms with E-state index in [0.29, 0.717) is 12.0 Å². The van der Waals surface area contributed by atoms with Crippen LogP contribution >= 0.6 is 0 Å². The van der Waals surface area contributed by atoms with Crippen molar-refractivity contribution < 1.29 is 5.11 Å². The average Bonchev–Trinajstić information content (AvgIpc) is 2.43. The molecule has 2 atom stereocenters. The van der Waals surface area contributed by atoms with E-state index in [4.69, 9.17) is 0 Å². The zero-order valence-corrected chi connectivity index (χ0v) is 13.0. The Morgan fingerprint density at radius 2 is 1.79 bits per heavy atom. The Hall–Kier alpha value is -0.120. The highest BCUT2D eigenvalue weighted by Crippen LogP contribution is 2.34. The SMILES string of the molecule is CCC1CCC(C(O)CC2CN(C)CCN2C)CC1. The lowest BCUT2D eigenvalue weighted by Crippen LogP contribution is -2.51. The van der Waals surface area contributed by atoms with Gasteiger partial charge in [-0.05, 0) is 45.2 Å². The molecule has 1 N–H and O–H groups in total. The van der Waals surface area contributed by atoms with Crippen LogP contribution in [0.15, 0.2) is 0 Å². The summed E-state index contributed by atoms with van der Waals surface area (Å²) >= 11 is 0. The van der Waals surface area contributed by atoms with Crippen molar-refractivity contribution in [3.63, 3.8) is 0 Å². The van der Waals surface area contributed by atoms with Crippen molar-refractivity contribution in [1.82, 2.24) is 9.80 Å². The lowest BCUT2D eigenvalue weighted by atomic mass is 9.77. The maximum absolute atomic E-state index is 10.5. The summed E-state index contributed by atoms with van der Waals surface area (Å²) in [5.41, 5.74) is 0. The smallest absolute Gasteiger partial charge is 0.0583 e. The van der Waals surface area contributed by atoms with Gasteiger partial charge in [0.15, 0.2) is 0 Å². The highest BCUT2D eigenvalue weighted by molar-refractivity contribution is 4.84. The second-order valence-electron chi connectivity index (χ2n) is 6.89. The summed E-state index contributed by atoms with van der Waals surface area (Å²) in [7, 11) is 4.40. The van der Waals surface area contributed by atoms with Crippen LogP contribution in [0.25, 0.3) is 0 Å². The zero-order chi connectivity index (χ0) is 13.8. The summed E-state index contributed by atoms with van der Waals surface area (Å²) in [5.74, 6) is 1.48. The minimum Gasteiger partial charge on any atom is -0.393 e. The van der Waals surface area contributed by atoms with Crippen molar-refractivity contribution in [1.29, 1.82) is 0 Å². The molecule has 1 aliphatic carbocycles. The van der Waals surface area contributed by atoms with Crippen LogP contribution in [0.2, 0.25) is 0 Å². The van der Waals surface area contributed by atoms with Crippen LogP contribution < -0.4 is 0 Å². The number of likely N-dealkylation sites (N-methyl/N-ethyl adjacent to an activating group) is 2. The van der Waals surface area contributed by atoms with E-state index < -0.39 is 0 Å². The Bertz CT molecular complexity index is 263. The van der Waals surface area contributed by atoms with Crippen LogP contribution in [-0.4, -0.2) is 60.8 Å². The lowest BCUT2D eigenvalue weighted by Gasteiger charge is -2.40. The summed E-state index contributed by atoms with van der Waals surface area (Å²) in [6, 6.07) is 0.539. The normalized spacial score (nSPS) is 36.3. The van der Waals surface area contributed by atoms with Gasteiger partial charge in [-0.15, -0.1) is 0 Å². The van der Waals surface area contributed by atoms with Crippen LogP contribution in [0.5, 0.6) is 0 Å². The highest BCUT2D eigenvalue weighted by atomic mass is 16.3. The minimum atomic E-state index is -0.0863. The van der Waals surface area contributed by atoms with Crippen molar-refractivity contribution >= 4 is 0 Å². The number of hydrogen-bond donors (Lipinski definition) is 1. The molecule has 2 unspecified atom stereocenters. The van der Waals surface area contributed by atoms with Gasteiger partial charge in [-0.25, -0.2) is 0 Å². The monoisotopic (exact) mass is 268 g/mol. The first kappa shape index (κ1) is 15.3. The first-order chi connectivity index (χ1) is 9.10. The third-order valence-corrected chi connectivity index (χ3v) is 5.51. The molecule has 0 spiro atoms. The molecule has 3 nitrogen and oxygen atoms in total. The number of aliphatic hydroxyl groups is 1. The molecule has 2 fully saturated rings. The Kier molecular flexibility index (Phi) is 5.67. The van der Waals surface area contributed by atoms with Crippen molar-refractivity contribution in [3.8, 4) is 0 Å². The standard InChI is InChI=1S/C16H32N2O/c1-4-13-5-7-14(8-6-13)16(19)11-15-12-17(2)9-10-18(15)3/h13-16,19H,4-12H2,1-3H3.